The van der Waals surface area contributed by atoms with Crippen LogP contribution in [0.2, 0.25) is 0 Å². The monoisotopic (exact) mass is 339 g/mol. The Morgan fingerprint density at radius 1 is 1.24 bits per heavy atom. The van der Waals surface area contributed by atoms with Crippen molar-refractivity contribution in [1.82, 2.24) is 10.2 Å². The van der Waals surface area contributed by atoms with E-state index in [4.69, 9.17) is 0 Å². The first-order valence-electron chi connectivity index (χ1n) is 8.58. The quantitative estimate of drug-likeness (QED) is 0.642. The Morgan fingerprint density at radius 3 is 2.64 bits per heavy atom. The van der Waals surface area contributed by atoms with E-state index in [1.54, 1.807) is 6.08 Å². The fourth-order valence-electron chi connectivity index (χ4n) is 4.63. The maximum atomic E-state index is 13.1. The van der Waals surface area contributed by atoms with Crippen molar-refractivity contribution in [3.63, 3.8) is 0 Å². The number of para-hydroxylation sites is 1. The first kappa shape index (κ1) is 16.0. The highest BCUT2D eigenvalue weighted by Crippen LogP contribution is 2.53. The third kappa shape index (κ3) is 1.86. The minimum atomic E-state index is -1.18. The number of likely N-dealkylation sites (tertiary alicyclic amines) is 1. The predicted molar refractivity (Wildman–Crippen MR) is 92.4 cm³/mol. The van der Waals surface area contributed by atoms with E-state index in [0.717, 1.165) is 5.56 Å². The van der Waals surface area contributed by atoms with Crippen LogP contribution in [0, 0.1) is 17.8 Å². The van der Waals surface area contributed by atoms with Crippen molar-refractivity contribution in [1.29, 1.82) is 0 Å². The molecule has 0 unspecified atom stereocenters. The maximum absolute atomic E-state index is 13.1. The largest absolute Gasteiger partial charge is 0.324 e. The molecule has 1 aromatic rings. The molecule has 0 aromatic heterocycles. The minimum Gasteiger partial charge on any atom is -0.324 e. The fourth-order valence-corrected chi connectivity index (χ4v) is 4.63. The van der Waals surface area contributed by atoms with Crippen LogP contribution in [0.25, 0.3) is 0 Å². The second kappa shape index (κ2) is 5.26. The molecular formula is C19H21N3O3. The summed E-state index contributed by atoms with van der Waals surface area (Å²) in [6.07, 6.45) is 1.55. The number of hydrogen-bond acceptors (Lipinski definition) is 4. The molecule has 0 saturated carbocycles. The second-order valence-electron chi connectivity index (χ2n) is 7.30. The van der Waals surface area contributed by atoms with Crippen LogP contribution in [0.15, 0.2) is 36.9 Å². The Balaban J connectivity index is 1.91. The van der Waals surface area contributed by atoms with Crippen molar-refractivity contribution in [2.45, 2.75) is 25.4 Å². The number of nitrogens with zero attached hydrogens (tertiary/aromatic N) is 1. The molecular weight excluding hydrogens is 318 g/mol. The Kier molecular flexibility index (Phi) is 3.37. The minimum absolute atomic E-state index is 0.105. The van der Waals surface area contributed by atoms with Gasteiger partial charge in [0, 0.05) is 23.8 Å². The van der Waals surface area contributed by atoms with E-state index in [2.05, 4.69) is 17.2 Å². The van der Waals surface area contributed by atoms with Gasteiger partial charge in [-0.25, -0.2) is 0 Å². The van der Waals surface area contributed by atoms with Gasteiger partial charge in [0.15, 0.2) is 0 Å². The molecule has 2 N–H and O–H groups in total. The molecule has 1 aromatic carbocycles. The molecule has 0 bridgehead atoms. The van der Waals surface area contributed by atoms with Crippen molar-refractivity contribution >= 4 is 23.4 Å². The van der Waals surface area contributed by atoms with Gasteiger partial charge < -0.3 is 5.32 Å². The Bertz CT molecular complexity index is 803. The van der Waals surface area contributed by atoms with E-state index < -0.39 is 17.4 Å². The number of benzene rings is 1. The van der Waals surface area contributed by atoms with E-state index in [0.29, 0.717) is 5.69 Å². The molecule has 2 saturated heterocycles. The predicted octanol–water partition coefficient (Wildman–Crippen LogP) is 1.25. The van der Waals surface area contributed by atoms with Crippen molar-refractivity contribution in [2.24, 2.45) is 17.8 Å². The van der Waals surface area contributed by atoms with Crippen LogP contribution < -0.4 is 10.6 Å². The summed E-state index contributed by atoms with van der Waals surface area (Å²) in [7, 11) is 0. The number of nitrogens with one attached hydrogen (secondary N) is 2. The SMILES string of the molecule is C=CCN1C(=O)[C@@H]2[C@@H](C1=O)[C@]1(N[C@H]2C(C)C)C(=O)Nc2ccccc21. The van der Waals surface area contributed by atoms with Gasteiger partial charge >= 0.3 is 0 Å². The number of rotatable bonds is 3. The van der Waals surface area contributed by atoms with Crippen LogP contribution in [-0.4, -0.2) is 35.2 Å². The zero-order valence-electron chi connectivity index (χ0n) is 14.3. The van der Waals surface area contributed by atoms with Gasteiger partial charge in [-0.05, 0) is 12.0 Å². The maximum Gasteiger partial charge on any atom is 0.250 e. The number of carbonyl (C=O) groups excluding carboxylic acids is 3. The molecule has 0 radical (unpaired) electrons. The van der Waals surface area contributed by atoms with Gasteiger partial charge in [-0.2, -0.15) is 0 Å². The van der Waals surface area contributed by atoms with Crippen LogP contribution in [0.1, 0.15) is 19.4 Å². The Hall–Kier alpha value is -2.47. The Labute approximate surface area is 146 Å². The highest BCUT2D eigenvalue weighted by molar-refractivity contribution is 6.15. The lowest BCUT2D eigenvalue weighted by Gasteiger charge is -2.30. The molecule has 3 aliphatic heterocycles. The summed E-state index contributed by atoms with van der Waals surface area (Å²) in [6, 6.07) is 7.13. The average molecular weight is 339 g/mol. The fraction of sp³-hybridized carbons (Fsp3) is 0.421. The number of amides is 3. The van der Waals surface area contributed by atoms with Crippen molar-refractivity contribution in [3.8, 4) is 0 Å². The third-order valence-corrected chi connectivity index (χ3v) is 5.68. The van der Waals surface area contributed by atoms with Crippen LogP contribution in [0.4, 0.5) is 5.69 Å². The van der Waals surface area contributed by atoms with Gasteiger partial charge in [-0.3, -0.25) is 24.6 Å². The van der Waals surface area contributed by atoms with Gasteiger partial charge in [0.1, 0.15) is 5.54 Å². The van der Waals surface area contributed by atoms with Gasteiger partial charge in [0.25, 0.3) is 0 Å². The molecule has 4 atom stereocenters. The second-order valence-corrected chi connectivity index (χ2v) is 7.30. The summed E-state index contributed by atoms with van der Waals surface area (Å²) in [4.78, 5) is 40.3. The molecule has 130 valence electrons. The summed E-state index contributed by atoms with van der Waals surface area (Å²) in [5, 5.41) is 6.27. The Morgan fingerprint density at radius 2 is 1.96 bits per heavy atom. The lowest BCUT2D eigenvalue weighted by atomic mass is 9.76. The molecule has 25 heavy (non-hydrogen) atoms. The summed E-state index contributed by atoms with van der Waals surface area (Å²) in [5.41, 5.74) is 0.268. The third-order valence-electron chi connectivity index (χ3n) is 5.68. The lowest BCUT2D eigenvalue weighted by Crippen LogP contribution is -2.54. The summed E-state index contributed by atoms with van der Waals surface area (Å²) < 4.78 is 0. The van der Waals surface area contributed by atoms with Gasteiger partial charge in [-0.15, -0.1) is 6.58 Å². The van der Waals surface area contributed by atoms with Crippen LogP contribution in [-0.2, 0) is 19.9 Å². The number of imide groups is 1. The molecule has 2 fully saturated rings. The number of hydrogen-bond donors (Lipinski definition) is 2. The first-order chi connectivity index (χ1) is 11.9. The molecule has 3 amide bonds. The molecule has 6 heteroatoms. The lowest BCUT2D eigenvalue weighted by molar-refractivity contribution is -0.142. The van der Waals surface area contributed by atoms with Gasteiger partial charge in [0.2, 0.25) is 17.7 Å². The van der Waals surface area contributed by atoms with Crippen molar-refractivity contribution in [3.05, 3.63) is 42.5 Å². The zero-order valence-corrected chi connectivity index (χ0v) is 14.3. The number of carbonyl (C=O) groups is 3. The summed E-state index contributed by atoms with van der Waals surface area (Å²) in [6.45, 7) is 7.82. The van der Waals surface area contributed by atoms with E-state index in [-0.39, 0.29) is 36.2 Å². The molecule has 0 aliphatic carbocycles. The molecule has 3 heterocycles. The van der Waals surface area contributed by atoms with Crippen LogP contribution in [0.5, 0.6) is 0 Å². The highest BCUT2D eigenvalue weighted by atomic mass is 16.2. The van der Waals surface area contributed by atoms with E-state index in [1.807, 2.05) is 38.1 Å². The van der Waals surface area contributed by atoms with E-state index >= 15 is 0 Å². The van der Waals surface area contributed by atoms with Crippen LogP contribution >= 0.6 is 0 Å². The topological polar surface area (TPSA) is 78.5 Å². The van der Waals surface area contributed by atoms with Gasteiger partial charge in [0.05, 0.1) is 11.8 Å². The highest BCUT2D eigenvalue weighted by Gasteiger charge is 2.70. The molecule has 4 rings (SSSR count). The average Bonchev–Trinajstić information content (AvgIpc) is 3.16. The normalized spacial score (nSPS) is 33.2. The van der Waals surface area contributed by atoms with E-state index in [9.17, 15) is 14.4 Å². The smallest absolute Gasteiger partial charge is 0.250 e. The summed E-state index contributed by atoms with van der Waals surface area (Å²) >= 11 is 0. The summed E-state index contributed by atoms with van der Waals surface area (Å²) in [5.74, 6) is -1.92. The van der Waals surface area contributed by atoms with Gasteiger partial charge in [-0.1, -0.05) is 38.1 Å². The van der Waals surface area contributed by atoms with Crippen molar-refractivity contribution in [2.75, 3.05) is 11.9 Å². The zero-order chi connectivity index (χ0) is 17.9. The molecule has 3 aliphatic rings. The number of anilines is 1. The van der Waals surface area contributed by atoms with Crippen molar-refractivity contribution < 1.29 is 14.4 Å². The van der Waals surface area contributed by atoms with E-state index in [1.165, 1.54) is 4.90 Å². The molecule has 1 spiro atoms. The van der Waals surface area contributed by atoms with Crippen LogP contribution in [0.3, 0.4) is 0 Å². The first-order valence-corrected chi connectivity index (χ1v) is 8.58. The molecule has 6 nitrogen and oxygen atoms in total. The number of fused-ring (bicyclic) bond motifs is 4. The standard InChI is InChI=1S/C19H21N3O3/c1-4-9-22-16(23)13-14(17(22)24)19(21-15(13)10(2)3)11-7-5-6-8-12(11)20-18(19)25/h4-8,10,13-15,21H,1,9H2,2-3H3,(H,20,25)/t13-,14+,15+,19+/m1/s1.